The van der Waals surface area contributed by atoms with E-state index in [1.165, 1.54) is 5.56 Å². The average Bonchev–Trinajstić information content (AvgIpc) is 2.69. The topological polar surface area (TPSA) is 55.4 Å². The number of hydrogen-bond donors (Lipinski definition) is 1. The number of hydrogen-bond acceptors (Lipinski definition) is 3. The summed E-state index contributed by atoms with van der Waals surface area (Å²) < 4.78 is 5.31. The Hall–Kier alpha value is -3.14. The molecule has 0 bridgehead atoms. The zero-order valence-electron chi connectivity index (χ0n) is 17.0. The Balaban J connectivity index is 1.70. The van der Waals surface area contributed by atoms with Gasteiger partial charge in [0.2, 0.25) is 0 Å². The van der Waals surface area contributed by atoms with E-state index in [-0.39, 0.29) is 12.5 Å². The molecule has 0 aromatic heterocycles. The molecule has 144 valence electrons. The number of ether oxygens (including phenoxy) is 1. The van der Waals surface area contributed by atoms with Crippen molar-refractivity contribution in [2.24, 2.45) is 0 Å². The molecule has 28 heavy (non-hydrogen) atoms. The molecule has 4 nitrogen and oxygen atoms in total. The highest BCUT2D eigenvalue weighted by molar-refractivity contribution is 5.98. The van der Waals surface area contributed by atoms with Crippen LogP contribution in [0.15, 0.2) is 42.5 Å². The van der Waals surface area contributed by atoms with Gasteiger partial charge in [-0.1, -0.05) is 30.3 Å². The monoisotopic (exact) mass is 375 g/mol. The SMILES string of the molecule is Cc1c(C)c(C)c(C(=O)OCC(=O)Nc2ccc3ccccc3c2)c(C)c1C. The molecule has 0 unspecified atom stereocenters. The molecular weight excluding hydrogens is 350 g/mol. The van der Waals surface area contributed by atoms with Crippen LogP contribution in [0.2, 0.25) is 0 Å². The maximum Gasteiger partial charge on any atom is 0.339 e. The van der Waals surface area contributed by atoms with E-state index in [1.807, 2.05) is 70.2 Å². The van der Waals surface area contributed by atoms with Crippen LogP contribution in [0.25, 0.3) is 10.8 Å². The molecule has 0 spiro atoms. The number of carbonyl (C=O) groups excluding carboxylic acids is 2. The molecular formula is C24H25NO3. The van der Waals surface area contributed by atoms with E-state index in [0.29, 0.717) is 11.3 Å². The van der Waals surface area contributed by atoms with Gasteiger partial charge >= 0.3 is 5.97 Å². The van der Waals surface area contributed by atoms with Gasteiger partial charge in [0.05, 0.1) is 5.56 Å². The van der Waals surface area contributed by atoms with E-state index in [1.54, 1.807) is 0 Å². The van der Waals surface area contributed by atoms with Gasteiger partial charge in [-0.2, -0.15) is 0 Å². The van der Waals surface area contributed by atoms with Gasteiger partial charge < -0.3 is 10.1 Å². The summed E-state index contributed by atoms with van der Waals surface area (Å²) in [6.45, 7) is 9.56. The van der Waals surface area contributed by atoms with Crippen LogP contribution in [-0.4, -0.2) is 18.5 Å². The van der Waals surface area contributed by atoms with Crippen molar-refractivity contribution in [1.29, 1.82) is 0 Å². The van der Waals surface area contributed by atoms with Crippen LogP contribution in [-0.2, 0) is 9.53 Å². The molecule has 0 atom stereocenters. The lowest BCUT2D eigenvalue weighted by Gasteiger charge is -2.17. The fourth-order valence-corrected chi connectivity index (χ4v) is 3.47. The number of amides is 1. The normalized spacial score (nSPS) is 10.8. The summed E-state index contributed by atoms with van der Waals surface area (Å²) in [5.74, 6) is -0.825. The first-order valence-electron chi connectivity index (χ1n) is 9.32. The van der Waals surface area contributed by atoms with Gasteiger partial charge in [0.15, 0.2) is 6.61 Å². The van der Waals surface area contributed by atoms with Crippen molar-refractivity contribution in [2.75, 3.05) is 11.9 Å². The summed E-state index contributed by atoms with van der Waals surface area (Å²) in [5.41, 5.74) is 6.38. The lowest BCUT2D eigenvalue weighted by molar-refractivity contribution is -0.119. The Labute approximate surface area is 165 Å². The van der Waals surface area contributed by atoms with Crippen LogP contribution in [0.4, 0.5) is 5.69 Å². The molecule has 0 saturated heterocycles. The van der Waals surface area contributed by atoms with Crippen LogP contribution in [0.5, 0.6) is 0 Å². The minimum absolute atomic E-state index is 0.323. The van der Waals surface area contributed by atoms with Crippen molar-refractivity contribution in [1.82, 2.24) is 0 Å². The molecule has 0 aliphatic carbocycles. The number of nitrogens with one attached hydrogen (secondary N) is 1. The van der Waals surface area contributed by atoms with Crippen LogP contribution in [0.1, 0.15) is 38.2 Å². The van der Waals surface area contributed by atoms with Crippen molar-refractivity contribution in [3.63, 3.8) is 0 Å². The summed E-state index contributed by atoms with van der Waals surface area (Å²) in [6.07, 6.45) is 0. The number of esters is 1. The van der Waals surface area contributed by atoms with Crippen LogP contribution in [0.3, 0.4) is 0 Å². The van der Waals surface area contributed by atoms with Crippen LogP contribution in [0, 0.1) is 34.6 Å². The first-order chi connectivity index (χ1) is 13.3. The number of rotatable bonds is 4. The van der Waals surface area contributed by atoms with Crippen molar-refractivity contribution >= 4 is 28.3 Å². The predicted octanol–water partition coefficient (Wildman–Crippen LogP) is 5.18. The lowest BCUT2D eigenvalue weighted by atomic mass is 9.90. The van der Waals surface area contributed by atoms with E-state index in [4.69, 9.17) is 4.74 Å². The molecule has 0 radical (unpaired) electrons. The van der Waals surface area contributed by atoms with E-state index in [9.17, 15) is 9.59 Å². The van der Waals surface area contributed by atoms with Gasteiger partial charge in [0.25, 0.3) is 5.91 Å². The van der Waals surface area contributed by atoms with Crippen molar-refractivity contribution in [3.05, 3.63) is 75.8 Å². The average molecular weight is 375 g/mol. The van der Waals surface area contributed by atoms with Gasteiger partial charge in [0.1, 0.15) is 0 Å². The summed E-state index contributed by atoms with van der Waals surface area (Å²) in [5, 5.41) is 4.92. The van der Waals surface area contributed by atoms with Crippen LogP contribution < -0.4 is 5.32 Å². The third-order valence-corrected chi connectivity index (χ3v) is 5.57. The molecule has 3 rings (SSSR count). The Kier molecular flexibility index (Phi) is 5.50. The Morgan fingerprint density at radius 3 is 2.00 bits per heavy atom. The minimum Gasteiger partial charge on any atom is -0.452 e. The largest absolute Gasteiger partial charge is 0.452 e. The molecule has 0 heterocycles. The maximum atomic E-state index is 12.6. The summed E-state index contributed by atoms with van der Waals surface area (Å²) in [4.78, 5) is 24.9. The van der Waals surface area contributed by atoms with Crippen molar-refractivity contribution in [3.8, 4) is 0 Å². The van der Waals surface area contributed by atoms with Crippen molar-refractivity contribution < 1.29 is 14.3 Å². The first-order valence-corrected chi connectivity index (χ1v) is 9.32. The second-order valence-electron chi connectivity index (χ2n) is 7.19. The molecule has 1 amide bonds. The van der Waals surface area contributed by atoms with E-state index < -0.39 is 5.97 Å². The highest BCUT2D eigenvalue weighted by Crippen LogP contribution is 2.26. The van der Waals surface area contributed by atoms with Gasteiger partial charge in [-0.05, 0) is 85.3 Å². The Bertz CT molecular complexity index is 1050. The predicted molar refractivity (Wildman–Crippen MR) is 113 cm³/mol. The minimum atomic E-state index is -0.463. The quantitative estimate of drug-likeness (QED) is 0.640. The number of anilines is 1. The molecule has 0 aliphatic rings. The molecule has 0 saturated carbocycles. The molecule has 4 heteroatoms. The summed E-state index contributed by atoms with van der Waals surface area (Å²) in [6, 6.07) is 13.6. The standard InChI is InChI=1S/C24H25NO3/c1-14-15(2)17(4)23(18(5)16(14)3)24(27)28-13-22(26)25-21-11-10-19-8-6-7-9-20(19)12-21/h6-12H,13H2,1-5H3,(H,25,26). The number of fused-ring (bicyclic) bond motifs is 1. The fourth-order valence-electron chi connectivity index (χ4n) is 3.47. The zero-order chi connectivity index (χ0) is 20.4. The Morgan fingerprint density at radius 2 is 1.36 bits per heavy atom. The van der Waals surface area contributed by atoms with Gasteiger partial charge in [0, 0.05) is 5.69 Å². The summed E-state index contributed by atoms with van der Waals surface area (Å²) in [7, 11) is 0. The fraction of sp³-hybridized carbons (Fsp3) is 0.250. The van der Waals surface area contributed by atoms with E-state index >= 15 is 0 Å². The highest BCUT2D eigenvalue weighted by Gasteiger charge is 2.20. The van der Waals surface area contributed by atoms with Crippen molar-refractivity contribution in [2.45, 2.75) is 34.6 Å². The van der Waals surface area contributed by atoms with E-state index in [2.05, 4.69) is 12.2 Å². The zero-order valence-corrected chi connectivity index (χ0v) is 17.0. The highest BCUT2D eigenvalue weighted by atomic mass is 16.5. The van der Waals surface area contributed by atoms with Gasteiger partial charge in [-0.15, -0.1) is 0 Å². The molecule has 0 aliphatic heterocycles. The molecule has 1 N–H and O–H groups in total. The maximum absolute atomic E-state index is 12.6. The second-order valence-corrected chi connectivity index (χ2v) is 7.19. The van der Waals surface area contributed by atoms with Crippen LogP contribution >= 0.6 is 0 Å². The Morgan fingerprint density at radius 1 is 0.786 bits per heavy atom. The van der Waals surface area contributed by atoms with Gasteiger partial charge in [-0.25, -0.2) is 4.79 Å². The first kappa shape index (κ1) is 19.6. The third-order valence-electron chi connectivity index (χ3n) is 5.57. The van der Waals surface area contributed by atoms with Gasteiger partial charge in [-0.3, -0.25) is 4.79 Å². The number of carbonyl (C=O) groups is 2. The third kappa shape index (κ3) is 3.77. The molecule has 3 aromatic carbocycles. The molecule has 3 aromatic rings. The lowest BCUT2D eigenvalue weighted by Crippen LogP contribution is -2.22. The number of benzene rings is 3. The molecule has 0 fully saturated rings. The summed E-state index contributed by atoms with van der Waals surface area (Å²) >= 11 is 0. The van der Waals surface area contributed by atoms with E-state index in [0.717, 1.165) is 33.0 Å². The smallest absolute Gasteiger partial charge is 0.339 e. The second kappa shape index (κ2) is 7.85.